The van der Waals surface area contributed by atoms with Crippen LogP contribution in [0.4, 0.5) is 0 Å². The van der Waals surface area contributed by atoms with Crippen molar-refractivity contribution in [1.29, 1.82) is 0 Å². The van der Waals surface area contributed by atoms with Gasteiger partial charge in [-0.1, -0.05) is 17.8 Å². The monoisotopic (exact) mass is 202 g/mol. The average Bonchev–Trinajstić information content (AvgIpc) is 2.25. The average molecular weight is 202 g/mol. The zero-order valence-corrected chi connectivity index (χ0v) is 8.85. The molecule has 0 saturated carbocycles. The van der Waals surface area contributed by atoms with Crippen LogP contribution < -0.4 is 0 Å². The highest BCUT2D eigenvalue weighted by Crippen LogP contribution is 2.42. The van der Waals surface area contributed by atoms with Crippen LogP contribution in [0.1, 0.15) is 20.8 Å². The van der Waals surface area contributed by atoms with Crippen molar-refractivity contribution < 1.29 is 14.6 Å². The normalized spacial score (nSPS) is 30.8. The fourth-order valence-electron chi connectivity index (χ4n) is 1.12. The van der Waals surface area contributed by atoms with Gasteiger partial charge in [0.1, 0.15) is 10.9 Å². The molecule has 1 fully saturated rings. The smallest absolute Gasteiger partial charge is 0.323 e. The first-order valence-corrected chi connectivity index (χ1v) is 4.93. The highest BCUT2D eigenvalue weighted by atomic mass is 32.2. The van der Waals surface area contributed by atoms with Crippen molar-refractivity contribution in [3.63, 3.8) is 0 Å². The summed E-state index contributed by atoms with van der Waals surface area (Å²) >= 11 is 1.31. The Morgan fingerprint density at radius 3 is 2.62 bits per heavy atom. The van der Waals surface area contributed by atoms with Crippen LogP contribution in [0.25, 0.3) is 0 Å². The van der Waals surface area contributed by atoms with Crippen molar-refractivity contribution in [1.82, 2.24) is 0 Å². The van der Waals surface area contributed by atoms with Crippen molar-refractivity contribution in [2.75, 3.05) is 0 Å². The van der Waals surface area contributed by atoms with Gasteiger partial charge in [0.25, 0.3) is 0 Å². The van der Waals surface area contributed by atoms with E-state index in [9.17, 15) is 9.90 Å². The molecule has 1 aliphatic heterocycles. The lowest BCUT2D eigenvalue weighted by Gasteiger charge is -2.22. The zero-order valence-electron chi connectivity index (χ0n) is 8.03. The second kappa shape index (κ2) is 3.03. The van der Waals surface area contributed by atoms with E-state index in [0.717, 1.165) is 0 Å². The highest BCUT2D eigenvalue weighted by Gasteiger charge is 2.48. The predicted molar refractivity (Wildman–Crippen MR) is 52.4 cm³/mol. The van der Waals surface area contributed by atoms with Gasteiger partial charge in [-0.25, -0.2) is 0 Å². The lowest BCUT2D eigenvalue weighted by molar-refractivity contribution is -0.148. The number of thioether (sulfide) groups is 1. The van der Waals surface area contributed by atoms with Crippen molar-refractivity contribution >= 4 is 17.7 Å². The summed E-state index contributed by atoms with van der Waals surface area (Å²) in [6.07, 6.45) is 1.37. The van der Waals surface area contributed by atoms with E-state index in [4.69, 9.17) is 4.74 Å². The third kappa shape index (κ3) is 2.06. The van der Waals surface area contributed by atoms with Crippen molar-refractivity contribution in [3.05, 3.63) is 12.7 Å². The maximum Gasteiger partial charge on any atom is 0.323 e. The SMILES string of the molecule is C=CC(C)(O)C1SC(C)(C)OC1=O. The van der Waals surface area contributed by atoms with E-state index in [1.165, 1.54) is 17.8 Å². The first-order valence-electron chi connectivity index (χ1n) is 4.05. The molecule has 2 atom stereocenters. The maximum absolute atomic E-state index is 11.3. The molecule has 0 aromatic rings. The molecule has 74 valence electrons. The first kappa shape index (κ1) is 10.6. The Kier molecular flexibility index (Phi) is 2.47. The van der Waals surface area contributed by atoms with Crippen LogP contribution in [0.3, 0.4) is 0 Å². The molecule has 2 unspecified atom stereocenters. The van der Waals surface area contributed by atoms with Crippen LogP contribution in [0.5, 0.6) is 0 Å². The maximum atomic E-state index is 11.3. The summed E-state index contributed by atoms with van der Waals surface area (Å²) in [5.41, 5.74) is -1.20. The Hall–Kier alpha value is -0.480. The van der Waals surface area contributed by atoms with E-state index in [1.54, 1.807) is 20.8 Å². The second-order valence-electron chi connectivity index (χ2n) is 3.75. The Balaban J connectivity index is 2.85. The molecule has 1 aliphatic rings. The Bertz CT molecular complexity index is 245. The lowest BCUT2D eigenvalue weighted by Crippen LogP contribution is -2.38. The summed E-state index contributed by atoms with van der Waals surface area (Å²) in [7, 11) is 0. The molecule has 0 radical (unpaired) electrons. The summed E-state index contributed by atoms with van der Waals surface area (Å²) in [5, 5.41) is 9.22. The number of hydrogen-bond acceptors (Lipinski definition) is 4. The predicted octanol–water partition coefficient (Wildman–Crippen LogP) is 1.32. The molecular formula is C9H14O3S. The zero-order chi connectivity index (χ0) is 10.3. The number of rotatable bonds is 2. The molecule has 0 spiro atoms. The summed E-state index contributed by atoms with van der Waals surface area (Å²) in [6, 6.07) is 0. The molecule has 0 aromatic heterocycles. The molecule has 3 nitrogen and oxygen atoms in total. The van der Waals surface area contributed by atoms with E-state index >= 15 is 0 Å². The van der Waals surface area contributed by atoms with Gasteiger partial charge in [0, 0.05) is 0 Å². The number of carbonyl (C=O) groups is 1. The van der Waals surface area contributed by atoms with Gasteiger partial charge in [-0.2, -0.15) is 0 Å². The Labute approximate surface area is 82.2 Å². The van der Waals surface area contributed by atoms with Crippen LogP contribution in [-0.2, 0) is 9.53 Å². The molecule has 0 amide bonds. The van der Waals surface area contributed by atoms with Crippen LogP contribution >= 0.6 is 11.8 Å². The minimum atomic E-state index is -1.20. The summed E-state index contributed by atoms with van der Waals surface area (Å²) < 4.78 is 5.07. The van der Waals surface area contributed by atoms with E-state index in [-0.39, 0.29) is 5.97 Å². The van der Waals surface area contributed by atoms with Crippen LogP contribution in [-0.4, -0.2) is 26.9 Å². The van der Waals surface area contributed by atoms with E-state index < -0.39 is 15.8 Å². The van der Waals surface area contributed by atoms with Gasteiger partial charge < -0.3 is 9.84 Å². The number of cyclic esters (lactones) is 1. The molecule has 4 heteroatoms. The van der Waals surface area contributed by atoms with Gasteiger partial charge in [0.15, 0.2) is 4.93 Å². The van der Waals surface area contributed by atoms with Gasteiger partial charge >= 0.3 is 5.97 Å². The quantitative estimate of drug-likeness (QED) is 0.542. The summed E-state index contributed by atoms with van der Waals surface area (Å²) in [5.74, 6) is -0.375. The van der Waals surface area contributed by atoms with Gasteiger partial charge in [0.05, 0.1) is 0 Å². The van der Waals surface area contributed by atoms with Gasteiger partial charge in [0.2, 0.25) is 0 Å². The first-order chi connectivity index (χ1) is 5.78. The van der Waals surface area contributed by atoms with Crippen LogP contribution in [0.2, 0.25) is 0 Å². The van der Waals surface area contributed by atoms with Gasteiger partial charge in [-0.05, 0) is 20.8 Å². The number of hydrogen-bond donors (Lipinski definition) is 1. The largest absolute Gasteiger partial charge is 0.448 e. The Morgan fingerprint density at radius 1 is 1.77 bits per heavy atom. The van der Waals surface area contributed by atoms with Crippen LogP contribution in [0, 0.1) is 0 Å². The molecule has 13 heavy (non-hydrogen) atoms. The summed E-state index contributed by atoms with van der Waals surface area (Å²) in [6.45, 7) is 8.64. The fourth-order valence-corrected chi connectivity index (χ4v) is 2.29. The van der Waals surface area contributed by atoms with Gasteiger partial charge in [-0.15, -0.1) is 6.58 Å². The minimum absolute atomic E-state index is 0.375. The molecule has 1 heterocycles. The Morgan fingerprint density at radius 2 is 2.31 bits per heavy atom. The van der Waals surface area contributed by atoms with Crippen LogP contribution in [0.15, 0.2) is 12.7 Å². The fraction of sp³-hybridized carbons (Fsp3) is 0.667. The second-order valence-corrected chi connectivity index (χ2v) is 5.44. The van der Waals surface area contributed by atoms with E-state index in [0.29, 0.717) is 0 Å². The molecule has 1 N–H and O–H groups in total. The van der Waals surface area contributed by atoms with E-state index in [2.05, 4.69) is 6.58 Å². The number of esters is 1. The molecule has 1 rings (SSSR count). The molecule has 0 aromatic carbocycles. The van der Waals surface area contributed by atoms with Crippen molar-refractivity contribution in [2.24, 2.45) is 0 Å². The molecule has 0 bridgehead atoms. The molecule has 0 aliphatic carbocycles. The molecule has 1 saturated heterocycles. The number of ether oxygens (including phenoxy) is 1. The lowest BCUT2D eigenvalue weighted by atomic mass is 10.0. The summed E-state index contributed by atoms with van der Waals surface area (Å²) in [4.78, 5) is 10.8. The van der Waals surface area contributed by atoms with Crippen molar-refractivity contribution in [3.8, 4) is 0 Å². The van der Waals surface area contributed by atoms with Gasteiger partial charge in [-0.3, -0.25) is 4.79 Å². The topological polar surface area (TPSA) is 46.5 Å². The standard InChI is InChI=1S/C9H14O3S/c1-5-9(4,11)6-7(10)12-8(2,3)13-6/h5-6,11H,1H2,2-4H3. The van der Waals surface area contributed by atoms with E-state index in [1.807, 2.05) is 0 Å². The molecular weight excluding hydrogens is 188 g/mol. The number of aliphatic hydroxyl groups is 1. The third-order valence-corrected chi connectivity index (χ3v) is 3.46. The highest BCUT2D eigenvalue weighted by molar-refractivity contribution is 8.02. The van der Waals surface area contributed by atoms with Crippen molar-refractivity contribution in [2.45, 2.75) is 36.6 Å². The third-order valence-electron chi connectivity index (χ3n) is 1.91. The minimum Gasteiger partial charge on any atom is -0.448 e. The number of carbonyl (C=O) groups excluding carboxylic acids is 1.